The molecule has 0 aliphatic carbocycles. The van der Waals surface area contributed by atoms with Gasteiger partial charge in [-0.05, 0) is 12.8 Å². The van der Waals surface area contributed by atoms with Crippen molar-refractivity contribution in [3.63, 3.8) is 0 Å². The molecule has 0 spiro atoms. The molecule has 0 aromatic rings. The fourth-order valence-electron chi connectivity index (χ4n) is 2.07. The molecular formula is C10H20N2O4S. The van der Waals surface area contributed by atoms with Crippen LogP contribution in [-0.4, -0.2) is 59.2 Å². The van der Waals surface area contributed by atoms with Gasteiger partial charge in [-0.15, -0.1) is 0 Å². The summed E-state index contributed by atoms with van der Waals surface area (Å²) in [6, 6.07) is 0.0818. The van der Waals surface area contributed by atoms with Crippen LogP contribution in [0.2, 0.25) is 0 Å². The normalized spacial score (nSPS) is 28.1. The lowest BCUT2D eigenvalue weighted by atomic mass is 10.2. The molecule has 1 atom stereocenters. The minimum Gasteiger partial charge on any atom is -0.381 e. The van der Waals surface area contributed by atoms with Gasteiger partial charge >= 0.3 is 0 Å². The third-order valence-corrected chi connectivity index (χ3v) is 5.05. The van der Waals surface area contributed by atoms with E-state index in [0.29, 0.717) is 45.8 Å². The van der Waals surface area contributed by atoms with E-state index >= 15 is 0 Å². The van der Waals surface area contributed by atoms with E-state index in [1.54, 1.807) is 0 Å². The lowest BCUT2D eigenvalue weighted by Crippen LogP contribution is -2.50. The van der Waals surface area contributed by atoms with E-state index in [0.717, 1.165) is 6.54 Å². The number of rotatable bonds is 4. The molecule has 0 bridgehead atoms. The summed E-state index contributed by atoms with van der Waals surface area (Å²) in [5.41, 5.74) is 0. The van der Waals surface area contributed by atoms with Crippen LogP contribution in [0.5, 0.6) is 0 Å². The number of ether oxygens (including phenoxy) is 2. The molecule has 7 heteroatoms. The molecular weight excluding hydrogens is 244 g/mol. The second-order valence-electron chi connectivity index (χ2n) is 4.43. The molecule has 0 radical (unpaired) electrons. The summed E-state index contributed by atoms with van der Waals surface area (Å²) in [7, 11) is -3.21. The molecule has 2 fully saturated rings. The Balaban J connectivity index is 1.79. The second kappa shape index (κ2) is 6.10. The first-order valence-electron chi connectivity index (χ1n) is 6.06. The van der Waals surface area contributed by atoms with Crippen molar-refractivity contribution in [2.75, 3.05) is 39.5 Å². The summed E-state index contributed by atoms with van der Waals surface area (Å²) in [4.78, 5) is 0. The fraction of sp³-hybridized carbons (Fsp3) is 1.00. The van der Waals surface area contributed by atoms with Gasteiger partial charge in [-0.25, -0.2) is 13.1 Å². The zero-order valence-corrected chi connectivity index (χ0v) is 10.7. The number of sulfonamides is 1. The highest BCUT2D eigenvalue weighted by molar-refractivity contribution is 7.90. The van der Waals surface area contributed by atoms with Gasteiger partial charge < -0.3 is 14.8 Å². The third kappa shape index (κ3) is 3.89. The standard InChI is InChI=1S/C10H20N2O4S/c13-17(14,10-1-4-15-5-2-10)12-7-9-8-16-6-3-11-9/h9-12H,1-8H2. The van der Waals surface area contributed by atoms with Crippen LogP contribution in [-0.2, 0) is 19.5 Å². The first-order valence-corrected chi connectivity index (χ1v) is 7.60. The van der Waals surface area contributed by atoms with Crippen molar-refractivity contribution in [3.05, 3.63) is 0 Å². The van der Waals surface area contributed by atoms with Crippen molar-refractivity contribution in [3.8, 4) is 0 Å². The molecule has 100 valence electrons. The van der Waals surface area contributed by atoms with E-state index < -0.39 is 10.0 Å². The van der Waals surface area contributed by atoms with Crippen molar-refractivity contribution in [1.29, 1.82) is 0 Å². The highest BCUT2D eigenvalue weighted by atomic mass is 32.2. The zero-order chi connectivity index (χ0) is 12.1. The van der Waals surface area contributed by atoms with Gasteiger partial charge in [-0.2, -0.15) is 0 Å². The van der Waals surface area contributed by atoms with Gasteiger partial charge in [0.05, 0.1) is 18.5 Å². The minimum atomic E-state index is -3.21. The van der Waals surface area contributed by atoms with Crippen LogP contribution >= 0.6 is 0 Å². The Hall–Kier alpha value is -0.210. The van der Waals surface area contributed by atoms with Gasteiger partial charge in [0.1, 0.15) is 0 Å². The lowest BCUT2D eigenvalue weighted by Gasteiger charge is -2.26. The number of nitrogens with one attached hydrogen (secondary N) is 2. The molecule has 2 aliphatic rings. The SMILES string of the molecule is O=S(=O)(NCC1COCCN1)C1CCOCC1. The van der Waals surface area contributed by atoms with E-state index in [2.05, 4.69) is 10.0 Å². The molecule has 6 nitrogen and oxygen atoms in total. The molecule has 17 heavy (non-hydrogen) atoms. The van der Waals surface area contributed by atoms with E-state index in [4.69, 9.17) is 9.47 Å². The Bertz CT molecular complexity index is 321. The molecule has 0 aromatic heterocycles. The zero-order valence-electron chi connectivity index (χ0n) is 9.85. The highest BCUT2D eigenvalue weighted by Crippen LogP contribution is 2.14. The molecule has 0 saturated carbocycles. The molecule has 0 amide bonds. The monoisotopic (exact) mass is 264 g/mol. The quantitative estimate of drug-likeness (QED) is 0.686. The molecule has 2 heterocycles. The van der Waals surface area contributed by atoms with Gasteiger partial charge in [0.15, 0.2) is 0 Å². The molecule has 2 rings (SSSR count). The topological polar surface area (TPSA) is 76.7 Å². The Morgan fingerprint density at radius 3 is 2.59 bits per heavy atom. The fourth-order valence-corrected chi connectivity index (χ4v) is 3.55. The van der Waals surface area contributed by atoms with Gasteiger partial charge in [0.25, 0.3) is 0 Å². The summed E-state index contributed by atoms with van der Waals surface area (Å²) in [5, 5.41) is 2.91. The summed E-state index contributed by atoms with van der Waals surface area (Å²) >= 11 is 0. The van der Waals surface area contributed by atoms with Crippen LogP contribution in [0.4, 0.5) is 0 Å². The van der Waals surface area contributed by atoms with E-state index in [9.17, 15) is 8.42 Å². The Morgan fingerprint density at radius 1 is 1.18 bits per heavy atom. The largest absolute Gasteiger partial charge is 0.381 e. The molecule has 0 aromatic carbocycles. The maximum atomic E-state index is 12.0. The summed E-state index contributed by atoms with van der Waals surface area (Å²) < 4.78 is 37.1. The third-order valence-electron chi connectivity index (χ3n) is 3.14. The van der Waals surface area contributed by atoms with Crippen LogP contribution in [0.25, 0.3) is 0 Å². The highest BCUT2D eigenvalue weighted by Gasteiger charge is 2.28. The van der Waals surface area contributed by atoms with Crippen LogP contribution in [0.1, 0.15) is 12.8 Å². The predicted octanol–water partition coefficient (Wildman–Crippen LogP) is -0.927. The van der Waals surface area contributed by atoms with Gasteiger partial charge in [0, 0.05) is 32.3 Å². The van der Waals surface area contributed by atoms with Gasteiger partial charge in [0.2, 0.25) is 10.0 Å². The first-order chi connectivity index (χ1) is 8.18. The van der Waals surface area contributed by atoms with Crippen molar-refractivity contribution in [1.82, 2.24) is 10.0 Å². The molecule has 2 saturated heterocycles. The maximum absolute atomic E-state index is 12.0. The van der Waals surface area contributed by atoms with Crippen molar-refractivity contribution in [2.45, 2.75) is 24.1 Å². The molecule has 2 N–H and O–H groups in total. The summed E-state index contributed by atoms with van der Waals surface area (Å²) in [5.74, 6) is 0. The smallest absolute Gasteiger partial charge is 0.214 e. The number of hydrogen-bond donors (Lipinski definition) is 2. The lowest BCUT2D eigenvalue weighted by molar-refractivity contribution is 0.0781. The van der Waals surface area contributed by atoms with Crippen molar-refractivity contribution in [2.24, 2.45) is 0 Å². The molecule has 1 unspecified atom stereocenters. The van der Waals surface area contributed by atoms with Crippen LogP contribution < -0.4 is 10.0 Å². The van der Waals surface area contributed by atoms with Crippen LogP contribution in [0.15, 0.2) is 0 Å². The van der Waals surface area contributed by atoms with Crippen LogP contribution in [0, 0.1) is 0 Å². The van der Waals surface area contributed by atoms with E-state index in [-0.39, 0.29) is 11.3 Å². The Kier molecular flexibility index (Phi) is 4.75. The van der Waals surface area contributed by atoms with Gasteiger partial charge in [-0.1, -0.05) is 0 Å². The number of hydrogen-bond acceptors (Lipinski definition) is 5. The summed E-state index contributed by atoms with van der Waals surface area (Å²) in [6.45, 7) is 3.52. The first kappa shape index (κ1) is 13.2. The average Bonchev–Trinajstić information content (AvgIpc) is 2.39. The number of morpholine rings is 1. The van der Waals surface area contributed by atoms with E-state index in [1.807, 2.05) is 0 Å². The molecule has 2 aliphatic heterocycles. The predicted molar refractivity (Wildman–Crippen MR) is 63.4 cm³/mol. The average molecular weight is 264 g/mol. The van der Waals surface area contributed by atoms with Crippen LogP contribution in [0.3, 0.4) is 0 Å². The minimum absolute atomic E-state index is 0.0818. The second-order valence-corrected chi connectivity index (χ2v) is 6.48. The van der Waals surface area contributed by atoms with Crippen molar-refractivity contribution >= 4 is 10.0 Å². The Morgan fingerprint density at radius 2 is 1.94 bits per heavy atom. The van der Waals surface area contributed by atoms with Gasteiger partial charge in [-0.3, -0.25) is 0 Å². The Labute approximate surface area is 102 Å². The van der Waals surface area contributed by atoms with E-state index in [1.165, 1.54) is 0 Å². The summed E-state index contributed by atoms with van der Waals surface area (Å²) in [6.07, 6.45) is 1.17. The maximum Gasteiger partial charge on any atom is 0.214 e. The van der Waals surface area contributed by atoms with Crippen molar-refractivity contribution < 1.29 is 17.9 Å².